The first-order valence-corrected chi connectivity index (χ1v) is 19.0. The van der Waals surface area contributed by atoms with Crippen LogP contribution in [0, 0.1) is 0 Å². The molecule has 2 fully saturated rings. The second-order valence-electron chi connectivity index (χ2n) is 8.60. The molecule has 0 aromatic heterocycles. The second kappa shape index (κ2) is 47.5. The second-order valence-corrected chi connectivity index (χ2v) is 8.60. The molecule has 0 radical (unpaired) electrons. The van der Waals surface area contributed by atoms with Crippen LogP contribution in [0.25, 0.3) is 11.1 Å². The first-order chi connectivity index (χ1) is 24.3. The topological polar surface area (TPSA) is 43.5 Å². The van der Waals surface area contributed by atoms with Gasteiger partial charge in [0.25, 0.3) is 0 Å². The summed E-state index contributed by atoms with van der Waals surface area (Å²) in [5.74, 6) is 1.84. The largest absolute Gasteiger partial charge is 0.491 e. The summed E-state index contributed by atoms with van der Waals surface area (Å²) in [6.45, 7) is 31.3. The molecular weight excluding hydrogens is 617 g/mol. The highest BCUT2D eigenvalue weighted by atomic mass is 16.6. The van der Waals surface area contributed by atoms with Gasteiger partial charge in [0.15, 0.2) is 0 Å². The van der Waals surface area contributed by atoms with Gasteiger partial charge in [0, 0.05) is 0 Å². The van der Waals surface area contributed by atoms with Crippen molar-refractivity contribution in [2.45, 2.75) is 123 Å². The maximum atomic E-state index is 5.40. The fourth-order valence-corrected chi connectivity index (χ4v) is 3.00. The number of benzene rings is 4. The van der Waals surface area contributed by atoms with Gasteiger partial charge in [-0.3, -0.25) is 0 Å². The lowest BCUT2D eigenvalue weighted by Gasteiger charge is -2.01. The Bertz CT molecular complexity index is 977. The molecule has 2 aliphatic rings. The van der Waals surface area contributed by atoms with Gasteiger partial charge >= 0.3 is 0 Å². The molecule has 50 heavy (non-hydrogen) atoms. The number of hydrogen-bond donors (Lipinski definition) is 0. The van der Waals surface area contributed by atoms with Gasteiger partial charge in [-0.1, -0.05) is 208 Å². The Hall–Kier alpha value is -3.60. The highest BCUT2D eigenvalue weighted by Gasteiger charge is 2.23. The average molecular weight is 695 g/mol. The van der Waals surface area contributed by atoms with Crippen molar-refractivity contribution < 1.29 is 18.9 Å². The maximum Gasteiger partial charge on any atom is 0.119 e. The van der Waals surface area contributed by atoms with Crippen LogP contribution in [0.4, 0.5) is 0 Å². The zero-order chi connectivity index (χ0) is 38.0. The van der Waals surface area contributed by atoms with Crippen LogP contribution < -0.4 is 9.47 Å². The number of ether oxygens (including phenoxy) is 4. The van der Waals surface area contributed by atoms with Gasteiger partial charge in [-0.25, -0.2) is 0 Å². The summed E-state index contributed by atoms with van der Waals surface area (Å²) < 4.78 is 20.8. The lowest BCUT2D eigenvalue weighted by atomic mass is 10.1. The zero-order valence-electron chi connectivity index (χ0n) is 33.9. The maximum absolute atomic E-state index is 5.40. The highest BCUT2D eigenvalue weighted by molar-refractivity contribution is 5.62. The van der Waals surface area contributed by atoms with Gasteiger partial charge in [-0.05, 0) is 35.4 Å². The Labute approximate surface area is 311 Å². The smallest absolute Gasteiger partial charge is 0.119 e. The summed E-state index contributed by atoms with van der Waals surface area (Å²) in [6.07, 6.45) is 1.94. The van der Waals surface area contributed by atoms with Crippen molar-refractivity contribution in [3.8, 4) is 22.6 Å². The van der Waals surface area contributed by atoms with Crippen LogP contribution >= 0.6 is 0 Å². The molecule has 2 heterocycles. The van der Waals surface area contributed by atoms with E-state index >= 15 is 0 Å². The quantitative estimate of drug-likeness (QED) is 0.181. The lowest BCUT2D eigenvalue weighted by molar-refractivity contribution is 0.263. The molecular formula is C46H78O4. The van der Waals surface area contributed by atoms with Crippen molar-refractivity contribution >= 4 is 0 Å². The van der Waals surface area contributed by atoms with E-state index in [-0.39, 0.29) is 7.43 Å². The third-order valence-corrected chi connectivity index (χ3v) is 5.04. The molecule has 0 N–H and O–H groups in total. The minimum Gasteiger partial charge on any atom is -0.491 e. The molecule has 2 atom stereocenters. The molecule has 0 amide bonds. The van der Waals surface area contributed by atoms with Crippen molar-refractivity contribution in [1.29, 1.82) is 0 Å². The number of epoxide rings is 2. The average Bonchev–Trinajstić information content (AvgIpc) is 4.17. The summed E-state index contributed by atoms with van der Waals surface area (Å²) in [7, 11) is 0. The molecule has 2 aliphatic heterocycles. The third-order valence-electron chi connectivity index (χ3n) is 5.04. The van der Waals surface area contributed by atoms with Gasteiger partial charge in [0.05, 0.1) is 13.2 Å². The van der Waals surface area contributed by atoms with Crippen LogP contribution in [0.5, 0.6) is 11.5 Å². The summed E-state index contributed by atoms with van der Waals surface area (Å²) in [5, 5.41) is 0. The minimum absolute atomic E-state index is 0. The van der Waals surface area contributed by atoms with Crippen LogP contribution in [0.1, 0.15) is 111 Å². The Morgan fingerprint density at radius 3 is 0.820 bits per heavy atom. The van der Waals surface area contributed by atoms with Crippen molar-refractivity contribution in [3.63, 3.8) is 0 Å². The summed E-state index contributed by atoms with van der Waals surface area (Å²) >= 11 is 0. The van der Waals surface area contributed by atoms with Crippen molar-refractivity contribution in [2.75, 3.05) is 26.4 Å². The minimum atomic E-state index is 0. The summed E-state index contributed by atoms with van der Waals surface area (Å²) in [4.78, 5) is 0. The molecule has 4 aromatic carbocycles. The Morgan fingerprint density at radius 1 is 0.420 bits per heavy atom. The van der Waals surface area contributed by atoms with E-state index in [1.165, 1.54) is 17.5 Å². The molecule has 286 valence electrons. The van der Waals surface area contributed by atoms with Crippen molar-refractivity contribution in [3.05, 3.63) is 121 Å². The van der Waals surface area contributed by atoms with E-state index in [0.29, 0.717) is 25.4 Å². The van der Waals surface area contributed by atoms with E-state index in [4.69, 9.17) is 18.9 Å². The highest BCUT2D eigenvalue weighted by Crippen LogP contribution is 2.17. The van der Waals surface area contributed by atoms with Crippen molar-refractivity contribution in [1.82, 2.24) is 0 Å². The van der Waals surface area contributed by atoms with Gasteiger partial charge in [-0.15, -0.1) is 0 Å². The SMILES string of the molecule is C.CC.CC.CC.CC.CC.CC.CCC.c1ccc(-c2ccccc2)cc1.c1ccc(OCC2CO2)cc1.c1ccc(OCC2CO2)cc1. The molecule has 0 saturated carbocycles. The normalized spacial score (nSPS) is 12.8. The molecule has 6 rings (SSSR count). The molecule has 2 saturated heterocycles. The molecule has 0 bridgehead atoms. The Balaban J connectivity index is -0.000000169. The molecule has 0 aliphatic carbocycles. The van der Waals surface area contributed by atoms with E-state index in [1.807, 2.05) is 156 Å². The van der Waals surface area contributed by atoms with E-state index < -0.39 is 0 Å². The molecule has 0 spiro atoms. The number of hydrogen-bond acceptors (Lipinski definition) is 4. The summed E-state index contributed by atoms with van der Waals surface area (Å²) in [5.41, 5.74) is 2.55. The predicted octanol–water partition coefficient (Wildman–Crippen LogP) is 14.5. The van der Waals surface area contributed by atoms with Gasteiger partial charge < -0.3 is 18.9 Å². The first kappa shape index (κ1) is 55.8. The fourth-order valence-electron chi connectivity index (χ4n) is 3.00. The van der Waals surface area contributed by atoms with Crippen LogP contribution in [0.2, 0.25) is 0 Å². The van der Waals surface area contributed by atoms with Gasteiger partial charge in [-0.2, -0.15) is 0 Å². The zero-order valence-corrected chi connectivity index (χ0v) is 33.9. The van der Waals surface area contributed by atoms with Crippen LogP contribution in [-0.4, -0.2) is 38.6 Å². The van der Waals surface area contributed by atoms with E-state index in [0.717, 1.165) is 24.7 Å². The van der Waals surface area contributed by atoms with E-state index in [9.17, 15) is 0 Å². The van der Waals surface area contributed by atoms with E-state index in [1.54, 1.807) is 0 Å². The van der Waals surface area contributed by atoms with Crippen LogP contribution in [0.15, 0.2) is 121 Å². The Morgan fingerprint density at radius 2 is 0.620 bits per heavy atom. The number of para-hydroxylation sites is 2. The van der Waals surface area contributed by atoms with Gasteiger partial charge in [0.2, 0.25) is 0 Å². The van der Waals surface area contributed by atoms with Gasteiger partial charge in [0.1, 0.15) is 36.9 Å². The molecule has 4 heteroatoms. The van der Waals surface area contributed by atoms with Crippen LogP contribution in [0.3, 0.4) is 0 Å². The van der Waals surface area contributed by atoms with Crippen molar-refractivity contribution in [2.24, 2.45) is 0 Å². The Kier molecular flexibility index (Phi) is 53.0. The molecule has 4 nitrogen and oxygen atoms in total. The van der Waals surface area contributed by atoms with E-state index in [2.05, 4.69) is 62.4 Å². The standard InChI is InChI=1S/C12H10.2C9H10O2.C3H8.6C2H6.CH4/c1-3-7-11(8-4-1)12-9-5-2-6-10-12;2*1-2-4-8(5-3-1)10-6-9-7-11-9;1-3-2;6*1-2;/h1-10H;2*1-5,9H,6-7H2;3H2,1-2H3;6*1-2H3;1H4. The van der Waals surface area contributed by atoms with Crippen LogP contribution in [-0.2, 0) is 9.47 Å². The molecule has 2 unspecified atom stereocenters. The number of rotatable bonds is 7. The monoisotopic (exact) mass is 695 g/mol. The fraction of sp³-hybridized carbons (Fsp3) is 0.478. The summed E-state index contributed by atoms with van der Waals surface area (Å²) in [6, 6.07) is 40.4. The first-order valence-electron chi connectivity index (χ1n) is 19.0. The lowest BCUT2D eigenvalue weighted by Crippen LogP contribution is -2.03. The predicted molar refractivity (Wildman–Crippen MR) is 226 cm³/mol. The third kappa shape index (κ3) is 35.7. The molecule has 4 aromatic rings.